The van der Waals surface area contributed by atoms with Gasteiger partial charge in [-0.25, -0.2) is 4.98 Å². The van der Waals surface area contributed by atoms with Crippen molar-refractivity contribution in [3.05, 3.63) is 86.3 Å². The lowest BCUT2D eigenvalue weighted by Gasteiger charge is -2.39. The monoisotopic (exact) mass is 715 g/mol. The number of piperidine rings is 1. The Bertz CT molecular complexity index is 2090. The fourth-order valence-electron chi connectivity index (χ4n) is 6.68. The molecule has 1 fully saturated rings. The maximum Gasteiger partial charge on any atom is 0.416 e. The number of thioether (sulfide) groups is 1. The number of anilines is 1. The number of halogens is 4. The zero-order valence-electron chi connectivity index (χ0n) is 26.0. The topological polar surface area (TPSA) is 144 Å². The number of amides is 2. The van der Waals surface area contributed by atoms with Gasteiger partial charge < -0.3 is 24.6 Å². The number of aromatic nitrogens is 5. The molecule has 4 aromatic rings. The number of fused-ring (bicyclic) bond motifs is 3. The number of rotatable bonds is 5. The summed E-state index contributed by atoms with van der Waals surface area (Å²) in [6.07, 6.45) is 0.0168. The van der Waals surface area contributed by atoms with Gasteiger partial charge in [0, 0.05) is 30.2 Å². The van der Waals surface area contributed by atoms with E-state index in [1.807, 2.05) is 13.0 Å². The van der Waals surface area contributed by atoms with E-state index in [9.17, 15) is 32.7 Å². The third kappa shape index (κ3) is 5.95. The highest BCUT2D eigenvalue weighted by Crippen LogP contribution is 2.58. The Hall–Kier alpha value is -4.41. The van der Waals surface area contributed by atoms with Gasteiger partial charge in [-0.15, -0.1) is 16.9 Å². The van der Waals surface area contributed by atoms with Crippen LogP contribution in [0.3, 0.4) is 0 Å². The van der Waals surface area contributed by atoms with Crippen LogP contribution in [0.5, 0.6) is 5.75 Å². The molecule has 7 rings (SSSR count). The van der Waals surface area contributed by atoms with Gasteiger partial charge in [0.2, 0.25) is 11.7 Å². The Morgan fingerprint density at radius 1 is 1.22 bits per heavy atom. The summed E-state index contributed by atoms with van der Waals surface area (Å²) in [6, 6.07) is 5.60. The van der Waals surface area contributed by atoms with Crippen molar-refractivity contribution >= 4 is 52.2 Å². The van der Waals surface area contributed by atoms with E-state index in [1.165, 1.54) is 22.8 Å². The average molecular weight is 716 g/mol. The lowest BCUT2D eigenvalue weighted by molar-refractivity contribution is -0.137. The molecule has 1 atom stereocenters. The molecule has 6 heterocycles. The molecular formula is C32H29ClF3N7O5S. The first-order valence-electron chi connectivity index (χ1n) is 15.4. The minimum absolute atomic E-state index is 0.00206. The number of benzene rings is 1. The molecule has 2 N–H and O–H groups in total. The van der Waals surface area contributed by atoms with Gasteiger partial charge in [-0.3, -0.25) is 14.4 Å². The van der Waals surface area contributed by atoms with Gasteiger partial charge in [0.1, 0.15) is 12.3 Å². The van der Waals surface area contributed by atoms with Gasteiger partial charge >= 0.3 is 6.18 Å². The van der Waals surface area contributed by atoms with E-state index in [1.54, 1.807) is 21.2 Å². The Morgan fingerprint density at radius 2 is 2.00 bits per heavy atom. The fourth-order valence-corrected chi connectivity index (χ4v) is 8.66. The molecule has 1 saturated heterocycles. The minimum Gasteiger partial charge on any atom is -0.505 e. The number of carbonyl (C=O) groups is 2. The van der Waals surface area contributed by atoms with Crippen molar-refractivity contribution in [2.45, 2.75) is 48.9 Å². The van der Waals surface area contributed by atoms with Gasteiger partial charge in [-0.05, 0) is 62.1 Å². The van der Waals surface area contributed by atoms with Gasteiger partial charge in [-0.2, -0.15) is 22.7 Å². The van der Waals surface area contributed by atoms with Crippen molar-refractivity contribution in [1.29, 1.82) is 0 Å². The summed E-state index contributed by atoms with van der Waals surface area (Å²) in [4.78, 5) is 51.5. The smallest absolute Gasteiger partial charge is 0.416 e. The summed E-state index contributed by atoms with van der Waals surface area (Å²) in [6.45, 7) is 2.98. The molecule has 3 aliphatic rings. The molecule has 1 spiro atoms. The van der Waals surface area contributed by atoms with Crippen LogP contribution in [0.25, 0.3) is 11.4 Å². The molecule has 49 heavy (non-hydrogen) atoms. The van der Waals surface area contributed by atoms with Crippen LogP contribution >= 0.6 is 23.4 Å². The predicted molar refractivity (Wildman–Crippen MR) is 174 cm³/mol. The first-order valence-corrected chi connectivity index (χ1v) is 16.7. The first kappa shape index (κ1) is 33.1. The van der Waals surface area contributed by atoms with E-state index in [2.05, 4.69) is 15.4 Å². The highest BCUT2D eigenvalue weighted by molar-refractivity contribution is 8.00. The van der Waals surface area contributed by atoms with Crippen molar-refractivity contribution in [2.75, 3.05) is 31.6 Å². The Labute approximate surface area is 285 Å². The van der Waals surface area contributed by atoms with Gasteiger partial charge in [0.25, 0.3) is 11.5 Å². The molecule has 0 bridgehead atoms. The van der Waals surface area contributed by atoms with Gasteiger partial charge in [-0.1, -0.05) is 17.7 Å². The standard InChI is InChI=1S/C32H29ClF3N7O5S/c1-17-26-24(31(49-17)8-11-41(12-9-31)29(47)25-22(44)3-2-10-37-25)28(46)43-30(39-27(40-43)18-6-13-48-14-7-18)42(26)16-23(45)38-21-5-4-19(15-20(21)33)32(34,35)36/h2-6,10,15,17,44H,7-9,11-14,16H2,1H3,(H,38,45)/t17-/m0/s1. The summed E-state index contributed by atoms with van der Waals surface area (Å²) in [7, 11) is 0. The summed E-state index contributed by atoms with van der Waals surface area (Å²) in [5.74, 6) is -0.763. The van der Waals surface area contributed by atoms with E-state index < -0.39 is 28.3 Å². The Kier molecular flexibility index (Phi) is 8.43. The highest BCUT2D eigenvalue weighted by atomic mass is 35.5. The number of nitrogens with zero attached hydrogens (tertiary/aromatic N) is 6. The summed E-state index contributed by atoms with van der Waals surface area (Å²) in [5.41, 5.74) is 0.460. The number of likely N-dealkylation sites (tertiary alicyclic amines) is 1. The van der Waals surface area contributed by atoms with Crippen molar-refractivity contribution in [3.63, 3.8) is 0 Å². The molecule has 0 saturated carbocycles. The maximum atomic E-state index is 14.4. The quantitative estimate of drug-likeness (QED) is 0.290. The van der Waals surface area contributed by atoms with Crippen LogP contribution < -0.4 is 10.9 Å². The van der Waals surface area contributed by atoms with Crippen LogP contribution in [-0.2, 0) is 27.0 Å². The van der Waals surface area contributed by atoms with Crippen molar-refractivity contribution in [3.8, 4) is 5.75 Å². The summed E-state index contributed by atoms with van der Waals surface area (Å²) >= 11 is 7.69. The normalized spacial score (nSPS) is 18.8. The lowest BCUT2D eigenvalue weighted by atomic mass is 9.87. The van der Waals surface area contributed by atoms with Crippen LogP contribution in [0, 0.1) is 0 Å². The zero-order chi connectivity index (χ0) is 34.7. The molecule has 3 aliphatic heterocycles. The highest BCUT2D eigenvalue weighted by Gasteiger charge is 2.50. The molecule has 0 aliphatic carbocycles. The molecule has 3 aromatic heterocycles. The SMILES string of the molecule is C[C@@H]1SC2(CCN(C(=O)c3ncccc3O)CC2)c2c1n(CC(=O)Nc1ccc(C(F)(F)F)cc1Cl)c1nc(C3=CCOCC3)nn1c2=O. The van der Waals surface area contributed by atoms with E-state index in [0.717, 1.165) is 23.8 Å². The molecule has 1 aromatic carbocycles. The van der Waals surface area contributed by atoms with E-state index in [-0.39, 0.29) is 58.4 Å². The summed E-state index contributed by atoms with van der Waals surface area (Å²) < 4.78 is 47.1. The number of nitrogens with one attached hydrogen (secondary N) is 1. The fraction of sp³-hybridized carbons (Fsp3) is 0.375. The zero-order valence-corrected chi connectivity index (χ0v) is 27.5. The second-order valence-electron chi connectivity index (χ2n) is 12.0. The third-order valence-corrected chi connectivity index (χ3v) is 11.0. The van der Waals surface area contributed by atoms with E-state index in [4.69, 9.17) is 21.3 Å². The van der Waals surface area contributed by atoms with E-state index >= 15 is 0 Å². The molecule has 0 radical (unpaired) electrons. The molecule has 2 amide bonds. The number of aromatic hydroxyl groups is 1. The number of hydrogen-bond donors (Lipinski definition) is 2. The Balaban J connectivity index is 1.26. The van der Waals surface area contributed by atoms with Crippen LogP contribution in [0.4, 0.5) is 18.9 Å². The average Bonchev–Trinajstić information content (AvgIpc) is 3.64. The summed E-state index contributed by atoms with van der Waals surface area (Å²) in [5, 5.41) is 16.8. The van der Waals surface area contributed by atoms with Crippen LogP contribution in [-0.4, -0.2) is 72.3 Å². The molecular weight excluding hydrogens is 687 g/mol. The van der Waals surface area contributed by atoms with Gasteiger partial charge in [0.15, 0.2) is 11.5 Å². The molecule has 0 unspecified atom stereocenters. The van der Waals surface area contributed by atoms with Crippen LogP contribution in [0.2, 0.25) is 5.02 Å². The van der Waals surface area contributed by atoms with Crippen LogP contribution in [0.15, 0.2) is 47.4 Å². The maximum absolute atomic E-state index is 14.4. The number of carbonyl (C=O) groups excluding carboxylic acids is 2. The van der Waals surface area contributed by atoms with Crippen molar-refractivity contribution in [1.82, 2.24) is 29.0 Å². The van der Waals surface area contributed by atoms with Crippen LogP contribution in [0.1, 0.15) is 64.6 Å². The second-order valence-corrected chi connectivity index (χ2v) is 14.1. The Morgan fingerprint density at radius 3 is 2.67 bits per heavy atom. The number of pyridine rings is 1. The van der Waals surface area contributed by atoms with Gasteiger partial charge in [0.05, 0.1) is 39.8 Å². The van der Waals surface area contributed by atoms with E-state index in [0.29, 0.717) is 49.6 Å². The lowest BCUT2D eigenvalue weighted by Crippen LogP contribution is -2.45. The third-order valence-electron chi connectivity index (χ3n) is 9.00. The minimum atomic E-state index is -4.60. The number of ether oxygens (including phenoxy) is 1. The second kappa shape index (κ2) is 12.5. The van der Waals surface area contributed by atoms with Crippen molar-refractivity contribution in [2.24, 2.45) is 0 Å². The number of hydrogen-bond acceptors (Lipinski definition) is 9. The molecule has 256 valence electrons. The molecule has 17 heteroatoms. The van der Waals surface area contributed by atoms with Crippen molar-refractivity contribution < 1.29 is 32.6 Å². The first-order chi connectivity index (χ1) is 23.4. The largest absolute Gasteiger partial charge is 0.505 e. The number of alkyl halides is 3. The molecule has 12 nitrogen and oxygen atoms in total. The predicted octanol–water partition coefficient (Wildman–Crippen LogP) is 5.05.